The standard InChI is InChI=1S/C16H19NO2S/c1-12(13-7-4-3-5-8-13)15(16(18)19-2)17-11-14-9-6-10-20-14/h3-10,12,15,17H,11H2,1-2H3. The van der Waals surface area contributed by atoms with Crippen LogP contribution < -0.4 is 5.32 Å². The first-order chi connectivity index (χ1) is 9.72. The van der Waals surface area contributed by atoms with E-state index in [-0.39, 0.29) is 17.9 Å². The molecule has 1 N–H and O–H groups in total. The van der Waals surface area contributed by atoms with E-state index in [0.717, 1.165) is 5.56 Å². The third-order valence-corrected chi connectivity index (χ3v) is 4.23. The minimum Gasteiger partial charge on any atom is -0.468 e. The maximum absolute atomic E-state index is 12.0. The molecule has 1 heterocycles. The molecule has 3 nitrogen and oxygen atoms in total. The minimum atomic E-state index is -0.343. The van der Waals surface area contributed by atoms with Crippen LogP contribution in [0.15, 0.2) is 47.8 Å². The van der Waals surface area contributed by atoms with Gasteiger partial charge in [-0.3, -0.25) is 10.1 Å². The van der Waals surface area contributed by atoms with Gasteiger partial charge in [0.15, 0.2) is 0 Å². The lowest BCUT2D eigenvalue weighted by atomic mass is 9.93. The van der Waals surface area contributed by atoms with Crippen LogP contribution >= 0.6 is 11.3 Å². The molecule has 0 radical (unpaired) electrons. The monoisotopic (exact) mass is 289 g/mol. The summed E-state index contributed by atoms with van der Waals surface area (Å²) in [5, 5.41) is 5.34. The summed E-state index contributed by atoms with van der Waals surface area (Å²) in [6.07, 6.45) is 0. The fourth-order valence-corrected chi connectivity index (χ4v) is 2.82. The first kappa shape index (κ1) is 14.8. The molecule has 2 unspecified atom stereocenters. The van der Waals surface area contributed by atoms with Crippen LogP contribution in [0.5, 0.6) is 0 Å². The molecule has 2 atom stereocenters. The van der Waals surface area contributed by atoms with Crippen LogP contribution in [0.4, 0.5) is 0 Å². The van der Waals surface area contributed by atoms with Crippen molar-refractivity contribution in [3.8, 4) is 0 Å². The molecule has 2 rings (SSSR count). The van der Waals surface area contributed by atoms with Crippen molar-refractivity contribution in [2.75, 3.05) is 7.11 Å². The van der Waals surface area contributed by atoms with Crippen molar-refractivity contribution < 1.29 is 9.53 Å². The van der Waals surface area contributed by atoms with Gasteiger partial charge in [-0.25, -0.2) is 0 Å². The molecule has 0 fully saturated rings. The average molecular weight is 289 g/mol. The maximum atomic E-state index is 12.0. The fourth-order valence-electron chi connectivity index (χ4n) is 2.16. The van der Waals surface area contributed by atoms with Crippen LogP contribution in [-0.4, -0.2) is 19.1 Å². The molecule has 0 aliphatic heterocycles. The molecule has 20 heavy (non-hydrogen) atoms. The number of esters is 1. The van der Waals surface area contributed by atoms with Crippen LogP contribution in [-0.2, 0) is 16.1 Å². The van der Waals surface area contributed by atoms with Gasteiger partial charge in [0.1, 0.15) is 6.04 Å². The summed E-state index contributed by atoms with van der Waals surface area (Å²) in [5.41, 5.74) is 1.13. The van der Waals surface area contributed by atoms with E-state index in [2.05, 4.69) is 11.4 Å². The Labute approximate surface area is 123 Å². The van der Waals surface area contributed by atoms with Crippen molar-refractivity contribution in [3.05, 3.63) is 58.3 Å². The predicted octanol–water partition coefficient (Wildman–Crippen LogP) is 3.18. The van der Waals surface area contributed by atoms with Gasteiger partial charge >= 0.3 is 5.97 Å². The fraction of sp³-hybridized carbons (Fsp3) is 0.312. The van der Waals surface area contributed by atoms with Gasteiger partial charge in [0.05, 0.1) is 7.11 Å². The van der Waals surface area contributed by atoms with Gasteiger partial charge in [-0.05, 0) is 17.0 Å². The molecular weight excluding hydrogens is 270 g/mol. The van der Waals surface area contributed by atoms with Gasteiger partial charge in [-0.2, -0.15) is 0 Å². The second-order valence-electron chi connectivity index (χ2n) is 4.66. The SMILES string of the molecule is COC(=O)C(NCc1cccs1)C(C)c1ccccc1. The summed E-state index contributed by atoms with van der Waals surface area (Å²) in [5.74, 6) is -0.165. The number of thiophene rings is 1. The molecule has 0 amide bonds. The van der Waals surface area contributed by atoms with Crippen LogP contribution in [0.25, 0.3) is 0 Å². The van der Waals surface area contributed by atoms with Gasteiger partial charge < -0.3 is 4.74 Å². The van der Waals surface area contributed by atoms with Crippen molar-refractivity contribution in [2.24, 2.45) is 0 Å². The first-order valence-electron chi connectivity index (χ1n) is 6.61. The number of rotatable bonds is 6. The molecule has 0 aliphatic carbocycles. The summed E-state index contributed by atoms with van der Waals surface area (Å²) in [4.78, 5) is 13.2. The molecule has 4 heteroatoms. The Morgan fingerprint density at radius 2 is 2.00 bits per heavy atom. The molecule has 106 valence electrons. The molecule has 2 aromatic rings. The Morgan fingerprint density at radius 1 is 1.25 bits per heavy atom. The van der Waals surface area contributed by atoms with E-state index in [9.17, 15) is 4.79 Å². The summed E-state index contributed by atoms with van der Waals surface area (Å²) < 4.78 is 4.93. The van der Waals surface area contributed by atoms with Gasteiger partial charge in [-0.15, -0.1) is 11.3 Å². The minimum absolute atomic E-state index is 0.0589. The van der Waals surface area contributed by atoms with Crippen LogP contribution in [0.2, 0.25) is 0 Å². The summed E-state index contributed by atoms with van der Waals surface area (Å²) >= 11 is 1.68. The predicted molar refractivity (Wildman–Crippen MR) is 81.8 cm³/mol. The first-order valence-corrected chi connectivity index (χ1v) is 7.49. The maximum Gasteiger partial charge on any atom is 0.323 e. The normalized spacial score (nSPS) is 13.7. The largest absolute Gasteiger partial charge is 0.468 e. The lowest BCUT2D eigenvalue weighted by molar-refractivity contribution is -0.143. The molecule has 0 saturated heterocycles. The van der Waals surface area contributed by atoms with Crippen molar-refractivity contribution in [1.82, 2.24) is 5.32 Å². The van der Waals surface area contributed by atoms with Gasteiger partial charge in [0.2, 0.25) is 0 Å². The second kappa shape index (κ2) is 7.22. The quantitative estimate of drug-likeness (QED) is 0.830. The van der Waals surface area contributed by atoms with E-state index >= 15 is 0 Å². The average Bonchev–Trinajstić information content (AvgIpc) is 3.01. The second-order valence-corrected chi connectivity index (χ2v) is 5.69. The van der Waals surface area contributed by atoms with Crippen molar-refractivity contribution in [2.45, 2.75) is 25.4 Å². The zero-order chi connectivity index (χ0) is 14.4. The van der Waals surface area contributed by atoms with Crippen molar-refractivity contribution in [3.63, 3.8) is 0 Å². The number of nitrogens with one attached hydrogen (secondary N) is 1. The molecule has 0 spiro atoms. The van der Waals surface area contributed by atoms with E-state index in [4.69, 9.17) is 4.74 Å². The number of hydrogen-bond donors (Lipinski definition) is 1. The molecule has 0 aliphatic rings. The van der Waals surface area contributed by atoms with Gasteiger partial charge in [0, 0.05) is 17.3 Å². The topological polar surface area (TPSA) is 38.3 Å². The van der Waals surface area contributed by atoms with Crippen molar-refractivity contribution >= 4 is 17.3 Å². The van der Waals surface area contributed by atoms with Crippen LogP contribution in [0, 0.1) is 0 Å². The number of methoxy groups -OCH3 is 1. The van der Waals surface area contributed by atoms with Gasteiger partial charge in [-0.1, -0.05) is 43.3 Å². The third kappa shape index (κ3) is 3.68. The molecule has 0 bridgehead atoms. The zero-order valence-electron chi connectivity index (χ0n) is 11.7. The molecule has 1 aromatic heterocycles. The van der Waals surface area contributed by atoms with E-state index in [1.165, 1.54) is 12.0 Å². The van der Waals surface area contributed by atoms with Crippen LogP contribution in [0.1, 0.15) is 23.3 Å². The highest BCUT2D eigenvalue weighted by Crippen LogP contribution is 2.20. The highest BCUT2D eigenvalue weighted by molar-refractivity contribution is 7.09. The van der Waals surface area contributed by atoms with Crippen LogP contribution in [0.3, 0.4) is 0 Å². The third-order valence-electron chi connectivity index (χ3n) is 3.36. The Balaban J connectivity index is 2.09. The smallest absolute Gasteiger partial charge is 0.323 e. The highest BCUT2D eigenvalue weighted by Gasteiger charge is 2.26. The number of hydrogen-bond acceptors (Lipinski definition) is 4. The van der Waals surface area contributed by atoms with E-state index in [0.29, 0.717) is 6.54 Å². The Kier molecular flexibility index (Phi) is 5.32. The number of benzene rings is 1. The van der Waals surface area contributed by atoms with E-state index < -0.39 is 0 Å². The number of carbonyl (C=O) groups is 1. The zero-order valence-corrected chi connectivity index (χ0v) is 12.5. The van der Waals surface area contributed by atoms with Gasteiger partial charge in [0.25, 0.3) is 0 Å². The molecular formula is C16H19NO2S. The highest BCUT2D eigenvalue weighted by atomic mass is 32.1. The van der Waals surface area contributed by atoms with Crippen molar-refractivity contribution in [1.29, 1.82) is 0 Å². The lowest BCUT2D eigenvalue weighted by Gasteiger charge is -2.23. The van der Waals surface area contributed by atoms with E-state index in [1.807, 2.05) is 48.7 Å². The molecule has 0 saturated carbocycles. The number of carbonyl (C=O) groups excluding carboxylic acids is 1. The Bertz CT molecular complexity index is 525. The lowest BCUT2D eigenvalue weighted by Crippen LogP contribution is -2.41. The molecule has 1 aromatic carbocycles. The Morgan fingerprint density at radius 3 is 2.60 bits per heavy atom. The van der Waals surface area contributed by atoms with E-state index in [1.54, 1.807) is 11.3 Å². The number of ether oxygens (including phenoxy) is 1. The summed E-state index contributed by atoms with van der Waals surface area (Å²) in [7, 11) is 1.43. The summed E-state index contributed by atoms with van der Waals surface area (Å²) in [6, 6.07) is 13.7. The Hall–Kier alpha value is -1.65. The summed E-state index contributed by atoms with van der Waals surface area (Å²) in [6.45, 7) is 2.72.